The van der Waals surface area contributed by atoms with Gasteiger partial charge in [-0.25, -0.2) is 0 Å². The average molecular weight is 247 g/mol. The molecule has 1 saturated carbocycles. The van der Waals surface area contributed by atoms with Crippen molar-refractivity contribution in [3.8, 4) is 0 Å². The number of carbonyl (C=O) groups excluding carboxylic acids is 1. The quantitative estimate of drug-likeness (QED) is 0.641. The molecule has 1 aromatic rings. The fourth-order valence-electron chi connectivity index (χ4n) is 2.47. The molecule has 1 atom stereocenters. The lowest BCUT2D eigenvalue weighted by molar-refractivity contribution is -0.117. The van der Waals surface area contributed by atoms with Crippen LogP contribution in [0.5, 0.6) is 0 Å². The second kappa shape index (κ2) is 5.85. The van der Waals surface area contributed by atoms with Crippen LogP contribution < -0.4 is 5.32 Å². The second-order valence-corrected chi connectivity index (χ2v) is 5.37. The van der Waals surface area contributed by atoms with E-state index in [0.717, 1.165) is 0 Å². The van der Waals surface area contributed by atoms with E-state index in [9.17, 15) is 4.79 Å². The van der Waals surface area contributed by atoms with E-state index in [4.69, 9.17) is 0 Å². The zero-order valence-corrected chi connectivity index (χ0v) is 10.6. The summed E-state index contributed by atoms with van der Waals surface area (Å²) in [7, 11) is 0. The first-order chi connectivity index (χ1) is 8.31. The smallest absolute Gasteiger partial charge is 0.252 e. The van der Waals surface area contributed by atoms with Gasteiger partial charge >= 0.3 is 0 Å². The number of rotatable bonds is 4. The highest BCUT2D eigenvalue weighted by molar-refractivity contribution is 7.10. The molecule has 0 aliphatic heterocycles. The van der Waals surface area contributed by atoms with Crippen molar-refractivity contribution in [2.24, 2.45) is 5.92 Å². The van der Waals surface area contributed by atoms with E-state index in [-0.39, 0.29) is 11.9 Å². The standard InChI is InChI=1S/C14H17NOS/c1-2-6-13(16)15-14(11-7-3-4-8-11)12-9-5-10-17-12/h5-6,9-11,14H,1,3-4,7-8H2,(H,15,16). The lowest BCUT2D eigenvalue weighted by Crippen LogP contribution is -2.30. The van der Waals surface area contributed by atoms with Gasteiger partial charge in [-0.05, 0) is 30.2 Å². The highest BCUT2D eigenvalue weighted by Gasteiger charge is 2.27. The van der Waals surface area contributed by atoms with Crippen molar-refractivity contribution in [3.63, 3.8) is 0 Å². The van der Waals surface area contributed by atoms with E-state index in [1.807, 2.05) is 6.07 Å². The number of hydrogen-bond donors (Lipinski definition) is 1. The van der Waals surface area contributed by atoms with Gasteiger partial charge in [-0.2, -0.15) is 0 Å². The van der Waals surface area contributed by atoms with Gasteiger partial charge in [0.1, 0.15) is 0 Å². The van der Waals surface area contributed by atoms with E-state index >= 15 is 0 Å². The molecule has 1 amide bonds. The monoisotopic (exact) mass is 247 g/mol. The topological polar surface area (TPSA) is 29.1 Å². The molecule has 1 aliphatic rings. The molecule has 1 unspecified atom stereocenters. The molecule has 0 spiro atoms. The molecule has 2 rings (SSSR count). The van der Waals surface area contributed by atoms with Gasteiger partial charge in [-0.3, -0.25) is 4.79 Å². The van der Waals surface area contributed by atoms with Gasteiger partial charge in [0.2, 0.25) is 0 Å². The molecule has 3 heteroatoms. The Bertz CT molecular complexity index is 411. The van der Waals surface area contributed by atoms with Crippen molar-refractivity contribution in [3.05, 3.63) is 40.8 Å². The van der Waals surface area contributed by atoms with Crippen LogP contribution in [0.1, 0.15) is 36.6 Å². The maximum absolute atomic E-state index is 11.6. The zero-order chi connectivity index (χ0) is 12.1. The third-order valence-electron chi connectivity index (χ3n) is 3.25. The molecule has 1 aromatic heterocycles. The van der Waals surface area contributed by atoms with Crippen LogP contribution in [0.3, 0.4) is 0 Å². The summed E-state index contributed by atoms with van der Waals surface area (Å²) >= 11 is 1.71. The molecule has 0 saturated heterocycles. The Hall–Kier alpha value is -1.31. The molecule has 1 fully saturated rings. The first-order valence-corrected chi connectivity index (χ1v) is 6.89. The normalized spacial score (nSPS) is 17.4. The predicted octanol–water partition coefficient (Wildman–Crippen LogP) is 3.44. The van der Waals surface area contributed by atoms with Gasteiger partial charge < -0.3 is 5.32 Å². The maximum atomic E-state index is 11.6. The van der Waals surface area contributed by atoms with Crippen LogP contribution in [0.4, 0.5) is 0 Å². The van der Waals surface area contributed by atoms with E-state index in [0.29, 0.717) is 5.92 Å². The molecule has 1 N–H and O–H groups in total. The van der Waals surface area contributed by atoms with Crippen LogP contribution >= 0.6 is 11.3 Å². The Morgan fingerprint density at radius 3 is 2.94 bits per heavy atom. The van der Waals surface area contributed by atoms with Crippen molar-refractivity contribution in [1.29, 1.82) is 0 Å². The van der Waals surface area contributed by atoms with Crippen molar-refractivity contribution in [1.82, 2.24) is 5.32 Å². The minimum atomic E-state index is -0.0923. The summed E-state index contributed by atoms with van der Waals surface area (Å²) in [6.07, 6.45) is 6.34. The van der Waals surface area contributed by atoms with Crippen LogP contribution in [0.15, 0.2) is 35.9 Å². The lowest BCUT2D eigenvalue weighted by atomic mass is 9.96. The van der Waals surface area contributed by atoms with Gasteiger partial charge in [0.05, 0.1) is 6.04 Å². The van der Waals surface area contributed by atoms with E-state index in [2.05, 4.69) is 29.1 Å². The first-order valence-electron chi connectivity index (χ1n) is 6.01. The predicted molar refractivity (Wildman–Crippen MR) is 70.9 cm³/mol. The number of nitrogens with one attached hydrogen (secondary N) is 1. The van der Waals surface area contributed by atoms with Crippen LogP contribution in [0, 0.1) is 5.92 Å². The van der Waals surface area contributed by atoms with Crippen molar-refractivity contribution >= 4 is 17.2 Å². The Labute approximate surface area is 106 Å². The molecule has 0 bridgehead atoms. The van der Waals surface area contributed by atoms with Crippen LogP contribution in [-0.4, -0.2) is 5.91 Å². The summed E-state index contributed by atoms with van der Waals surface area (Å²) < 4.78 is 0. The summed E-state index contributed by atoms with van der Waals surface area (Å²) in [4.78, 5) is 12.9. The molecular weight excluding hydrogens is 230 g/mol. The SMILES string of the molecule is C=C=CC(=O)NC(c1cccs1)C1CCCC1. The molecule has 17 heavy (non-hydrogen) atoms. The van der Waals surface area contributed by atoms with E-state index < -0.39 is 0 Å². The van der Waals surface area contributed by atoms with Crippen LogP contribution in [0.2, 0.25) is 0 Å². The largest absolute Gasteiger partial charge is 0.344 e. The third-order valence-corrected chi connectivity index (χ3v) is 4.21. The van der Waals surface area contributed by atoms with Gasteiger partial charge in [0.15, 0.2) is 0 Å². The Kier molecular flexibility index (Phi) is 4.18. The molecule has 2 nitrogen and oxygen atoms in total. The number of hydrogen-bond acceptors (Lipinski definition) is 2. The first kappa shape index (κ1) is 12.2. The molecule has 90 valence electrons. The minimum absolute atomic E-state index is 0.0923. The number of amides is 1. The van der Waals surface area contributed by atoms with Crippen molar-refractivity contribution in [2.75, 3.05) is 0 Å². The molecule has 0 aromatic carbocycles. The molecule has 0 radical (unpaired) electrons. The third kappa shape index (κ3) is 3.09. The molecular formula is C14H17NOS. The summed E-state index contributed by atoms with van der Waals surface area (Å²) in [6.45, 7) is 3.43. The summed E-state index contributed by atoms with van der Waals surface area (Å²) in [5.41, 5.74) is 2.53. The summed E-state index contributed by atoms with van der Waals surface area (Å²) in [5.74, 6) is 0.487. The highest BCUT2D eigenvalue weighted by Crippen LogP contribution is 2.37. The van der Waals surface area contributed by atoms with Gasteiger partial charge in [0.25, 0.3) is 5.91 Å². The summed E-state index contributed by atoms with van der Waals surface area (Å²) in [6, 6.07) is 4.30. The zero-order valence-electron chi connectivity index (χ0n) is 9.82. The second-order valence-electron chi connectivity index (χ2n) is 4.39. The van der Waals surface area contributed by atoms with Crippen molar-refractivity contribution < 1.29 is 4.79 Å². The number of carbonyl (C=O) groups is 1. The van der Waals surface area contributed by atoms with Gasteiger partial charge in [-0.15, -0.1) is 17.1 Å². The Balaban J connectivity index is 2.12. The Morgan fingerprint density at radius 1 is 1.59 bits per heavy atom. The van der Waals surface area contributed by atoms with E-state index in [1.165, 1.54) is 36.6 Å². The highest BCUT2D eigenvalue weighted by atomic mass is 32.1. The molecule has 1 heterocycles. The van der Waals surface area contributed by atoms with Crippen LogP contribution in [-0.2, 0) is 4.79 Å². The Morgan fingerprint density at radius 2 is 2.35 bits per heavy atom. The van der Waals surface area contributed by atoms with Gasteiger partial charge in [0, 0.05) is 11.0 Å². The fraction of sp³-hybridized carbons (Fsp3) is 0.429. The van der Waals surface area contributed by atoms with Gasteiger partial charge in [-0.1, -0.05) is 25.5 Å². The fourth-order valence-corrected chi connectivity index (χ4v) is 3.34. The molecule has 1 aliphatic carbocycles. The van der Waals surface area contributed by atoms with Crippen molar-refractivity contribution in [2.45, 2.75) is 31.7 Å². The maximum Gasteiger partial charge on any atom is 0.252 e. The lowest BCUT2D eigenvalue weighted by Gasteiger charge is -2.22. The minimum Gasteiger partial charge on any atom is -0.344 e. The number of thiophene rings is 1. The average Bonchev–Trinajstić information content (AvgIpc) is 3.00. The summed E-state index contributed by atoms with van der Waals surface area (Å²) in [5, 5.41) is 5.14. The van der Waals surface area contributed by atoms with Crippen LogP contribution in [0.25, 0.3) is 0 Å². The van der Waals surface area contributed by atoms with E-state index in [1.54, 1.807) is 11.3 Å².